The summed E-state index contributed by atoms with van der Waals surface area (Å²) in [5, 5.41) is 3.27. The zero-order valence-electron chi connectivity index (χ0n) is 17.9. The molecule has 156 valence electrons. The molecular weight excluding hydrogens is 352 g/mol. The van der Waals surface area contributed by atoms with Gasteiger partial charge in [-0.15, -0.1) is 0 Å². The zero-order valence-corrected chi connectivity index (χ0v) is 17.9. The molecular formula is C22H36N4O2. The highest BCUT2D eigenvalue weighted by atomic mass is 16.6. The van der Waals surface area contributed by atoms with Gasteiger partial charge in [0.1, 0.15) is 5.75 Å². The fourth-order valence-corrected chi connectivity index (χ4v) is 4.32. The van der Waals surface area contributed by atoms with E-state index in [1.165, 1.54) is 0 Å². The monoisotopic (exact) mass is 388 g/mol. The van der Waals surface area contributed by atoms with Gasteiger partial charge in [-0.1, -0.05) is 18.2 Å². The van der Waals surface area contributed by atoms with E-state index in [1.807, 2.05) is 30.3 Å². The van der Waals surface area contributed by atoms with E-state index >= 15 is 0 Å². The molecule has 1 amide bonds. The molecule has 1 aromatic rings. The van der Waals surface area contributed by atoms with Crippen molar-refractivity contribution < 1.29 is 9.53 Å². The Bertz CT molecular complexity index is 629. The molecule has 0 bridgehead atoms. The fourth-order valence-electron chi connectivity index (χ4n) is 4.32. The van der Waals surface area contributed by atoms with Gasteiger partial charge in [-0.2, -0.15) is 0 Å². The van der Waals surface area contributed by atoms with Crippen molar-refractivity contribution in [1.29, 1.82) is 0 Å². The second-order valence-electron chi connectivity index (χ2n) is 8.80. The topological polar surface area (TPSA) is 48.1 Å². The van der Waals surface area contributed by atoms with E-state index in [2.05, 4.69) is 47.8 Å². The van der Waals surface area contributed by atoms with Gasteiger partial charge in [-0.25, -0.2) is 4.79 Å². The molecule has 0 radical (unpaired) electrons. The van der Waals surface area contributed by atoms with E-state index in [0.717, 1.165) is 52.1 Å². The quantitative estimate of drug-likeness (QED) is 0.840. The Balaban J connectivity index is 1.67. The Morgan fingerprint density at radius 3 is 2.46 bits per heavy atom. The molecule has 1 unspecified atom stereocenters. The predicted molar refractivity (Wildman–Crippen MR) is 113 cm³/mol. The molecule has 6 nitrogen and oxygen atoms in total. The molecule has 0 aliphatic carbocycles. The first kappa shape index (κ1) is 21.1. The number of ether oxygens (including phenoxy) is 1. The first-order valence-corrected chi connectivity index (χ1v) is 10.6. The third kappa shape index (κ3) is 5.46. The molecule has 3 rings (SSSR count). The summed E-state index contributed by atoms with van der Waals surface area (Å²) in [5.41, 5.74) is -0.229. The number of para-hydroxylation sites is 1. The number of hydrogen-bond donors (Lipinski definition) is 1. The number of rotatable bonds is 5. The number of carbonyl (C=O) groups is 1. The summed E-state index contributed by atoms with van der Waals surface area (Å²) in [4.78, 5) is 20.1. The average Bonchev–Trinajstić information content (AvgIpc) is 2.66. The summed E-state index contributed by atoms with van der Waals surface area (Å²) in [5.74, 6) is 0.586. The van der Waals surface area contributed by atoms with Gasteiger partial charge < -0.3 is 19.9 Å². The Morgan fingerprint density at radius 1 is 1.18 bits per heavy atom. The van der Waals surface area contributed by atoms with Crippen molar-refractivity contribution in [3.63, 3.8) is 0 Å². The van der Waals surface area contributed by atoms with Crippen LogP contribution in [-0.4, -0.2) is 84.7 Å². The lowest BCUT2D eigenvalue weighted by atomic mass is 9.86. The Morgan fingerprint density at radius 2 is 1.86 bits per heavy atom. The lowest BCUT2D eigenvalue weighted by Crippen LogP contribution is -2.63. The molecule has 0 spiro atoms. The van der Waals surface area contributed by atoms with E-state index < -0.39 is 0 Å². The van der Waals surface area contributed by atoms with Crippen LogP contribution >= 0.6 is 0 Å². The van der Waals surface area contributed by atoms with E-state index in [4.69, 9.17) is 4.74 Å². The molecule has 2 heterocycles. The second kappa shape index (κ2) is 9.25. The summed E-state index contributed by atoms with van der Waals surface area (Å²) >= 11 is 0. The van der Waals surface area contributed by atoms with Crippen LogP contribution in [0, 0.1) is 0 Å². The van der Waals surface area contributed by atoms with E-state index in [1.54, 1.807) is 0 Å². The normalized spacial score (nSPS) is 24.2. The van der Waals surface area contributed by atoms with Crippen molar-refractivity contribution >= 4 is 6.09 Å². The maximum absolute atomic E-state index is 12.7. The number of piperazine rings is 1. The Kier molecular flexibility index (Phi) is 6.96. The van der Waals surface area contributed by atoms with Crippen molar-refractivity contribution in [2.45, 2.75) is 51.2 Å². The molecule has 1 N–H and O–H groups in total. The third-order valence-electron chi connectivity index (χ3n) is 6.38. The summed E-state index contributed by atoms with van der Waals surface area (Å²) in [6.45, 7) is 12.8. The van der Waals surface area contributed by atoms with Crippen molar-refractivity contribution in [1.82, 2.24) is 20.0 Å². The Hall–Kier alpha value is -1.63. The van der Waals surface area contributed by atoms with Crippen LogP contribution in [0.4, 0.5) is 4.79 Å². The first-order valence-electron chi connectivity index (χ1n) is 10.6. The highest BCUT2D eigenvalue weighted by Crippen LogP contribution is 2.26. The van der Waals surface area contributed by atoms with Crippen LogP contribution in [0.1, 0.15) is 33.6 Å². The van der Waals surface area contributed by atoms with Gasteiger partial charge in [0.25, 0.3) is 0 Å². The number of carbonyl (C=O) groups excluding carboxylic acids is 1. The minimum absolute atomic E-state index is 0.229. The van der Waals surface area contributed by atoms with Crippen LogP contribution in [-0.2, 0) is 0 Å². The van der Waals surface area contributed by atoms with Gasteiger partial charge in [0.05, 0.1) is 5.54 Å². The standard InChI is InChI=1S/C22H36N4O2/c1-18(2)26-12-10-22(11-13-26,17-25-15-14-24(4)19(3)16-25)23-21(27)28-20-8-6-5-7-9-20/h5-9,18-19H,10-17H2,1-4H3,(H,23,27). The minimum Gasteiger partial charge on any atom is -0.410 e. The van der Waals surface area contributed by atoms with Crippen LogP contribution < -0.4 is 10.1 Å². The molecule has 2 fully saturated rings. The van der Waals surface area contributed by atoms with Crippen LogP contribution in [0.5, 0.6) is 5.75 Å². The number of likely N-dealkylation sites (tertiary alicyclic amines) is 1. The van der Waals surface area contributed by atoms with Crippen molar-refractivity contribution in [2.24, 2.45) is 0 Å². The Labute approximate surface area is 169 Å². The van der Waals surface area contributed by atoms with Gasteiger partial charge in [-0.3, -0.25) is 4.90 Å². The van der Waals surface area contributed by atoms with Crippen molar-refractivity contribution in [2.75, 3.05) is 46.3 Å². The highest BCUT2D eigenvalue weighted by molar-refractivity contribution is 5.71. The number of amides is 1. The van der Waals surface area contributed by atoms with Gasteiger partial charge in [-0.05, 0) is 52.8 Å². The predicted octanol–water partition coefficient (Wildman–Crippen LogP) is 2.65. The zero-order chi connectivity index (χ0) is 20.1. The largest absolute Gasteiger partial charge is 0.413 e. The lowest BCUT2D eigenvalue weighted by molar-refractivity contribution is 0.0454. The first-order chi connectivity index (χ1) is 13.4. The average molecular weight is 389 g/mol. The summed E-state index contributed by atoms with van der Waals surface area (Å²) in [6, 6.07) is 10.4. The molecule has 2 aliphatic heterocycles. The lowest BCUT2D eigenvalue weighted by Gasteiger charge is -2.47. The van der Waals surface area contributed by atoms with E-state index in [-0.39, 0.29) is 11.6 Å². The number of benzene rings is 1. The smallest absolute Gasteiger partial charge is 0.410 e. The molecule has 0 aromatic heterocycles. The number of likely N-dealkylation sites (N-methyl/N-ethyl adjacent to an activating group) is 1. The van der Waals surface area contributed by atoms with Gasteiger partial charge in [0.15, 0.2) is 0 Å². The van der Waals surface area contributed by atoms with Gasteiger partial charge in [0.2, 0.25) is 0 Å². The van der Waals surface area contributed by atoms with Crippen LogP contribution in [0.15, 0.2) is 30.3 Å². The summed E-state index contributed by atoms with van der Waals surface area (Å²) in [6.07, 6.45) is 1.57. The molecule has 1 aromatic carbocycles. The highest BCUT2D eigenvalue weighted by Gasteiger charge is 2.39. The minimum atomic E-state index is -0.341. The molecule has 28 heavy (non-hydrogen) atoms. The van der Waals surface area contributed by atoms with E-state index in [0.29, 0.717) is 17.8 Å². The van der Waals surface area contributed by atoms with Crippen LogP contribution in [0.3, 0.4) is 0 Å². The molecule has 2 saturated heterocycles. The molecule has 0 saturated carbocycles. The number of hydrogen-bond acceptors (Lipinski definition) is 5. The number of nitrogens with zero attached hydrogens (tertiary/aromatic N) is 3. The maximum Gasteiger partial charge on any atom is 0.413 e. The van der Waals surface area contributed by atoms with Gasteiger partial charge >= 0.3 is 6.09 Å². The second-order valence-corrected chi connectivity index (χ2v) is 8.80. The number of piperidine rings is 1. The SMILES string of the molecule is CC1CN(CC2(NC(=O)Oc3ccccc3)CCN(C(C)C)CC2)CCN1C. The summed E-state index contributed by atoms with van der Waals surface area (Å²) < 4.78 is 5.55. The van der Waals surface area contributed by atoms with E-state index in [9.17, 15) is 4.79 Å². The maximum atomic E-state index is 12.7. The van der Waals surface area contributed by atoms with Crippen LogP contribution in [0.25, 0.3) is 0 Å². The summed E-state index contributed by atoms with van der Waals surface area (Å²) in [7, 11) is 2.19. The molecule has 1 atom stereocenters. The third-order valence-corrected chi connectivity index (χ3v) is 6.38. The van der Waals surface area contributed by atoms with Crippen molar-refractivity contribution in [3.05, 3.63) is 30.3 Å². The number of nitrogens with one attached hydrogen (secondary N) is 1. The molecule has 2 aliphatic rings. The van der Waals surface area contributed by atoms with Crippen molar-refractivity contribution in [3.8, 4) is 5.75 Å². The van der Waals surface area contributed by atoms with Crippen LogP contribution in [0.2, 0.25) is 0 Å². The van der Waals surface area contributed by atoms with Gasteiger partial charge in [0, 0.05) is 51.4 Å². The fraction of sp³-hybridized carbons (Fsp3) is 0.682. The molecule has 6 heteroatoms.